The maximum absolute atomic E-state index is 3.27. The molecule has 1 aromatic carbocycles. The van der Waals surface area contributed by atoms with Gasteiger partial charge in [-0.25, -0.2) is 0 Å². The van der Waals surface area contributed by atoms with Crippen LogP contribution in [-0.2, 0) is 13.1 Å². The van der Waals surface area contributed by atoms with Crippen molar-refractivity contribution in [3.05, 3.63) is 36.0 Å². The van der Waals surface area contributed by atoms with Crippen molar-refractivity contribution in [2.24, 2.45) is 0 Å². The highest BCUT2D eigenvalue weighted by molar-refractivity contribution is 5.81. The van der Waals surface area contributed by atoms with Crippen LogP contribution in [0.4, 0.5) is 0 Å². The lowest BCUT2D eigenvalue weighted by atomic mass is 10.2. The minimum absolute atomic E-state index is 0.947. The van der Waals surface area contributed by atoms with Crippen LogP contribution in [-0.4, -0.2) is 11.6 Å². The van der Waals surface area contributed by atoms with Crippen LogP contribution in [0.1, 0.15) is 38.3 Å². The Morgan fingerprint density at radius 1 is 1.11 bits per heavy atom. The molecule has 2 heteroatoms. The summed E-state index contributed by atoms with van der Waals surface area (Å²) in [7, 11) is 2.01. The summed E-state index contributed by atoms with van der Waals surface area (Å²) in [4.78, 5) is 0. The van der Waals surface area contributed by atoms with Crippen molar-refractivity contribution in [2.45, 2.75) is 45.7 Å². The Labute approximate surface area is 110 Å². The van der Waals surface area contributed by atoms with Crippen LogP contribution < -0.4 is 5.32 Å². The third-order valence-electron chi connectivity index (χ3n) is 3.49. The number of para-hydroxylation sites is 1. The van der Waals surface area contributed by atoms with Gasteiger partial charge in [0.25, 0.3) is 0 Å². The van der Waals surface area contributed by atoms with Crippen LogP contribution in [0, 0.1) is 0 Å². The predicted molar refractivity (Wildman–Crippen MR) is 78.8 cm³/mol. The van der Waals surface area contributed by atoms with E-state index in [-0.39, 0.29) is 0 Å². The first kappa shape index (κ1) is 13.2. The monoisotopic (exact) mass is 244 g/mol. The number of aromatic nitrogens is 1. The topological polar surface area (TPSA) is 17.0 Å². The Morgan fingerprint density at radius 3 is 2.72 bits per heavy atom. The normalized spacial score (nSPS) is 11.2. The summed E-state index contributed by atoms with van der Waals surface area (Å²) >= 11 is 0. The number of fused-ring (bicyclic) bond motifs is 1. The molecule has 0 spiro atoms. The molecule has 1 heterocycles. The Kier molecular flexibility index (Phi) is 4.82. The van der Waals surface area contributed by atoms with E-state index in [9.17, 15) is 0 Å². The van der Waals surface area contributed by atoms with Crippen molar-refractivity contribution in [1.82, 2.24) is 9.88 Å². The molecule has 0 unspecified atom stereocenters. The number of hydrogen-bond donors (Lipinski definition) is 1. The quantitative estimate of drug-likeness (QED) is 0.730. The molecule has 0 aliphatic rings. The van der Waals surface area contributed by atoms with E-state index in [1.54, 1.807) is 0 Å². The van der Waals surface area contributed by atoms with Crippen molar-refractivity contribution in [2.75, 3.05) is 7.05 Å². The molecule has 18 heavy (non-hydrogen) atoms. The molecule has 1 aromatic heterocycles. The fraction of sp³-hybridized carbons (Fsp3) is 0.500. The van der Waals surface area contributed by atoms with Crippen molar-refractivity contribution in [3.8, 4) is 0 Å². The third kappa shape index (κ3) is 2.94. The minimum Gasteiger partial charge on any atom is -0.343 e. The second kappa shape index (κ2) is 6.60. The zero-order valence-electron chi connectivity index (χ0n) is 11.6. The van der Waals surface area contributed by atoms with E-state index in [0.717, 1.165) is 13.1 Å². The summed E-state index contributed by atoms with van der Waals surface area (Å²) in [5.41, 5.74) is 2.77. The van der Waals surface area contributed by atoms with Gasteiger partial charge < -0.3 is 9.88 Å². The summed E-state index contributed by atoms with van der Waals surface area (Å²) in [6.07, 6.45) is 5.27. The molecule has 2 rings (SSSR count). The van der Waals surface area contributed by atoms with E-state index < -0.39 is 0 Å². The zero-order valence-corrected chi connectivity index (χ0v) is 11.6. The van der Waals surface area contributed by atoms with Gasteiger partial charge in [0, 0.05) is 24.3 Å². The van der Waals surface area contributed by atoms with Crippen molar-refractivity contribution in [1.29, 1.82) is 0 Å². The van der Waals surface area contributed by atoms with Gasteiger partial charge in [0.2, 0.25) is 0 Å². The van der Waals surface area contributed by atoms with Crippen LogP contribution in [0.3, 0.4) is 0 Å². The number of rotatable bonds is 7. The number of aryl methyl sites for hydroxylation is 1. The Morgan fingerprint density at radius 2 is 1.94 bits per heavy atom. The molecule has 98 valence electrons. The van der Waals surface area contributed by atoms with Gasteiger partial charge in [-0.05, 0) is 31.0 Å². The van der Waals surface area contributed by atoms with E-state index in [4.69, 9.17) is 0 Å². The molecule has 1 N–H and O–H groups in total. The Balaban J connectivity index is 2.19. The molecule has 0 aliphatic carbocycles. The first-order valence-electron chi connectivity index (χ1n) is 7.08. The van der Waals surface area contributed by atoms with E-state index in [1.165, 1.54) is 42.3 Å². The van der Waals surface area contributed by atoms with Crippen molar-refractivity contribution in [3.63, 3.8) is 0 Å². The number of hydrogen-bond acceptors (Lipinski definition) is 1. The predicted octanol–water partition coefficient (Wildman–Crippen LogP) is 3.94. The van der Waals surface area contributed by atoms with Crippen LogP contribution >= 0.6 is 0 Å². The highest BCUT2D eigenvalue weighted by atomic mass is 15.0. The molecule has 2 aromatic rings. The molecule has 2 nitrogen and oxygen atoms in total. The van der Waals surface area contributed by atoms with Gasteiger partial charge in [-0.2, -0.15) is 0 Å². The van der Waals surface area contributed by atoms with Gasteiger partial charge in [0.1, 0.15) is 0 Å². The van der Waals surface area contributed by atoms with Crippen LogP contribution in [0.25, 0.3) is 10.9 Å². The Bertz CT molecular complexity index is 485. The molecule has 0 aliphatic heterocycles. The van der Waals surface area contributed by atoms with Gasteiger partial charge in [0.05, 0.1) is 0 Å². The minimum atomic E-state index is 0.947. The fourth-order valence-corrected chi connectivity index (χ4v) is 2.56. The van der Waals surface area contributed by atoms with E-state index in [1.807, 2.05) is 7.05 Å². The third-order valence-corrected chi connectivity index (χ3v) is 3.49. The average Bonchev–Trinajstić information content (AvgIpc) is 2.73. The molecule has 0 radical (unpaired) electrons. The maximum atomic E-state index is 3.27. The molecule has 0 atom stereocenters. The summed E-state index contributed by atoms with van der Waals surface area (Å²) in [6, 6.07) is 11.0. The van der Waals surface area contributed by atoms with E-state index in [2.05, 4.69) is 47.1 Å². The van der Waals surface area contributed by atoms with Crippen LogP contribution in [0.5, 0.6) is 0 Å². The summed E-state index contributed by atoms with van der Waals surface area (Å²) in [6.45, 7) is 4.35. The first-order valence-corrected chi connectivity index (χ1v) is 7.08. The summed E-state index contributed by atoms with van der Waals surface area (Å²) in [5, 5.41) is 4.63. The Hall–Kier alpha value is -1.28. The van der Waals surface area contributed by atoms with Crippen molar-refractivity contribution >= 4 is 10.9 Å². The highest BCUT2D eigenvalue weighted by Gasteiger charge is 2.06. The largest absolute Gasteiger partial charge is 0.343 e. The number of nitrogens with zero attached hydrogens (tertiary/aromatic N) is 1. The number of unbranched alkanes of at least 4 members (excludes halogenated alkanes) is 3. The SMILES string of the molecule is CCCCCCn1c(CNC)cc2ccccc21. The maximum Gasteiger partial charge on any atom is 0.0482 e. The molecule has 0 amide bonds. The van der Waals surface area contributed by atoms with Gasteiger partial charge in [-0.15, -0.1) is 0 Å². The lowest BCUT2D eigenvalue weighted by molar-refractivity contribution is 0.573. The molecule has 0 saturated heterocycles. The lowest BCUT2D eigenvalue weighted by Gasteiger charge is -2.10. The van der Waals surface area contributed by atoms with Crippen LogP contribution in [0.15, 0.2) is 30.3 Å². The van der Waals surface area contributed by atoms with Gasteiger partial charge in [0.15, 0.2) is 0 Å². The van der Waals surface area contributed by atoms with Crippen LogP contribution in [0.2, 0.25) is 0 Å². The summed E-state index contributed by atoms with van der Waals surface area (Å²) in [5.74, 6) is 0. The first-order chi connectivity index (χ1) is 8.86. The number of nitrogens with one attached hydrogen (secondary N) is 1. The molecule has 0 fully saturated rings. The smallest absolute Gasteiger partial charge is 0.0482 e. The second-order valence-electron chi connectivity index (χ2n) is 4.94. The second-order valence-corrected chi connectivity index (χ2v) is 4.94. The van der Waals surface area contributed by atoms with E-state index >= 15 is 0 Å². The lowest BCUT2D eigenvalue weighted by Crippen LogP contribution is -2.11. The molecular weight excluding hydrogens is 220 g/mol. The summed E-state index contributed by atoms with van der Waals surface area (Å²) < 4.78 is 2.47. The highest BCUT2D eigenvalue weighted by Crippen LogP contribution is 2.20. The molecule has 0 saturated carbocycles. The van der Waals surface area contributed by atoms with Gasteiger partial charge >= 0.3 is 0 Å². The molecular formula is C16H24N2. The molecule has 0 bridgehead atoms. The van der Waals surface area contributed by atoms with Crippen molar-refractivity contribution < 1.29 is 0 Å². The van der Waals surface area contributed by atoms with Gasteiger partial charge in [-0.1, -0.05) is 44.4 Å². The standard InChI is InChI=1S/C16H24N2/c1-3-4-5-8-11-18-15(13-17-2)12-14-9-6-7-10-16(14)18/h6-7,9-10,12,17H,3-5,8,11,13H2,1-2H3. The average molecular weight is 244 g/mol. The number of benzene rings is 1. The fourth-order valence-electron chi connectivity index (χ4n) is 2.56. The van der Waals surface area contributed by atoms with Gasteiger partial charge in [-0.3, -0.25) is 0 Å². The van der Waals surface area contributed by atoms with E-state index in [0.29, 0.717) is 0 Å². The zero-order chi connectivity index (χ0) is 12.8.